The van der Waals surface area contributed by atoms with Crippen LogP contribution in [0.3, 0.4) is 0 Å². The number of fused-ring (bicyclic) bond motifs is 1. The van der Waals surface area contributed by atoms with E-state index in [2.05, 4.69) is 29.8 Å². The predicted octanol–water partition coefficient (Wildman–Crippen LogP) is 7.60. The Bertz CT molecular complexity index is 2260. The topological polar surface area (TPSA) is 216 Å². The van der Waals surface area contributed by atoms with E-state index in [-0.39, 0.29) is 58.3 Å². The van der Waals surface area contributed by atoms with Crippen molar-refractivity contribution in [3.63, 3.8) is 0 Å². The molecule has 0 saturated carbocycles. The van der Waals surface area contributed by atoms with Gasteiger partial charge in [0, 0.05) is 50.5 Å². The Hall–Kier alpha value is -3.49. The number of hydrogen-bond acceptors (Lipinski definition) is 12. The summed E-state index contributed by atoms with van der Waals surface area (Å²) in [4.78, 5) is 72.6. The minimum absolute atomic E-state index is 0.0371. The number of thioether (sulfide) groups is 1. The zero-order chi connectivity index (χ0) is 50.1. The molecule has 368 valence electrons. The van der Waals surface area contributed by atoms with Crippen LogP contribution in [-0.2, 0) is 52.7 Å². The van der Waals surface area contributed by atoms with E-state index in [1.165, 1.54) is 24.7 Å². The molecule has 2 atom stereocenters. The number of halogens is 5. The third kappa shape index (κ3) is 21.2. The molecule has 4 rings (SSSR count). The minimum atomic E-state index is -3.10. The fourth-order valence-corrected chi connectivity index (χ4v) is 8.71. The van der Waals surface area contributed by atoms with Gasteiger partial charge < -0.3 is 30.1 Å². The Morgan fingerprint density at radius 1 is 1.12 bits per heavy atom. The lowest BCUT2D eigenvalue weighted by atomic mass is 10.0. The first-order chi connectivity index (χ1) is 31.1. The number of benzene rings is 2. The van der Waals surface area contributed by atoms with Crippen molar-refractivity contribution >= 4 is 112 Å². The molecule has 0 bridgehead atoms. The summed E-state index contributed by atoms with van der Waals surface area (Å²) in [6.45, 7) is 17.2. The maximum absolute atomic E-state index is 14.3. The van der Waals surface area contributed by atoms with Crippen LogP contribution in [0.15, 0.2) is 70.3 Å². The van der Waals surface area contributed by atoms with Crippen LogP contribution in [-0.4, -0.2) is 117 Å². The van der Waals surface area contributed by atoms with Crippen molar-refractivity contribution < 1.29 is 47.6 Å². The quantitative estimate of drug-likeness (QED) is 0.0264. The molecule has 1 aromatic heterocycles. The van der Waals surface area contributed by atoms with Crippen LogP contribution in [0.25, 0.3) is 0 Å². The molecular formula is C42H58Cl4FN6O10PS2. The Kier molecular flexibility index (Phi) is 28.9. The highest BCUT2D eigenvalue weighted by molar-refractivity contribution is 8.00. The van der Waals surface area contributed by atoms with Gasteiger partial charge >= 0.3 is 16.8 Å². The Morgan fingerprint density at radius 2 is 1.74 bits per heavy atom. The smallest absolute Gasteiger partial charge is 0.325 e. The number of anilines is 1. The summed E-state index contributed by atoms with van der Waals surface area (Å²) >= 11 is 24.6. The number of ether oxygens (including phenoxy) is 2. The number of carboxylic acids is 1. The van der Waals surface area contributed by atoms with E-state index < -0.39 is 36.0 Å². The van der Waals surface area contributed by atoms with Gasteiger partial charge in [-0.05, 0) is 74.1 Å². The predicted molar refractivity (Wildman–Crippen MR) is 264 cm³/mol. The molecule has 3 aromatic rings. The van der Waals surface area contributed by atoms with E-state index >= 15 is 0 Å². The fourth-order valence-electron chi connectivity index (χ4n) is 5.54. The number of alkyl halides is 3. The van der Waals surface area contributed by atoms with Gasteiger partial charge in [0.05, 0.1) is 23.6 Å². The highest BCUT2D eigenvalue weighted by Gasteiger charge is 2.21. The Labute approximate surface area is 412 Å². The number of aliphatic carboxylic acids is 1. The lowest BCUT2D eigenvalue weighted by Crippen LogP contribution is -2.35. The number of esters is 1. The second kappa shape index (κ2) is 31.5. The third-order valence-corrected chi connectivity index (χ3v) is 12.9. The molecule has 2 heterocycles. The molecule has 16 nitrogen and oxygen atoms in total. The molecule has 0 radical (unpaired) electrons. The largest absolute Gasteiger partial charge is 0.480 e. The van der Waals surface area contributed by atoms with Crippen molar-refractivity contribution in [2.45, 2.75) is 75.3 Å². The number of carboxylic acid groups (broad SMARTS) is 1. The van der Waals surface area contributed by atoms with E-state index in [1.807, 2.05) is 32.0 Å². The molecule has 2 amide bonds. The maximum Gasteiger partial charge on any atom is 0.325 e. The zero-order valence-corrected chi connectivity index (χ0v) is 43.0. The van der Waals surface area contributed by atoms with Gasteiger partial charge in [-0.15, -0.1) is 36.5 Å². The molecule has 2 unspecified atom stereocenters. The van der Waals surface area contributed by atoms with E-state index in [0.717, 1.165) is 65.2 Å². The van der Waals surface area contributed by atoms with E-state index in [4.69, 9.17) is 66.9 Å². The zero-order valence-electron chi connectivity index (χ0n) is 37.4. The number of nitrogens with zero attached hydrogens (tertiary/aromatic N) is 5. The van der Waals surface area contributed by atoms with Crippen LogP contribution < -0.4 is 20.3 Å². The van der Waals surface area contributed by atoms with Gasteiger partial charge in [0.1, 0.15) is 30.2 Å². The number of nitrogens with two attached hydrogens (primary N) is 1. The molecule has 4 N–H and O–H groups in total. The average molecular weight is 1060 g/mol. The molecule has 1 aliphatic rings. The molecule has 66 heavy (non-hydrogen) atoms. The average Bonchev–Trinajstić information content (AvgIpc) is 3.60. The monoisotopic (exact) mass is 1060 g/mol. The molecule has 24 heteroatoms. The van der Waals surface area contributed by atoms with Crippen LogP contribution in [0.5, 0.6) is 0 Å². The summed E-state index contributed by atoms with van der Waals surface area (Å²) in [7, 11) is -1.81. The van der Waals surface area contributed by atoms with Crippen LogP contribution in [0.4, 0.5) is 15.8 Å². The lowest BCUT2D eigenvalue weighted by Gasteiger charge is -2.25. The summed E-state index contributed by atoms with van der Waals surface area (Å²) in [5.41, 5.74) is 8.30. The lowest BCUT2D eigenvalue weighted by molar-refractivity contribution is -0.139. The van der Waals surface area contributed by atoms with Crippen molar-refractivity contribution in [1.82, 2.24) is 14.3 Å². The normalized spacial score (nSPS) is 13.2. The van der Waals surface area contributed by atoms with Crippen LogP contribution in [0.1, 0.15) is 44.2 Å². The number of rotatable bonds is 19. The summed E-state index contributed by atoms with van der Waals surface area (Å²) < 4.78 is 38.3. The van der Waals surface area contributed by atoms with Crippen molar-refractivity contribution in [1.29, 1.82) is 0 Å². The van der Waals surface area contributed by atoms with Crippen molar-refractivity contribution in [2.75, 3.05) is 62.9 Å². The maximum atomic E-state index is 14.3. The summed E-state index contributed by atoms with van der Waals surface area (Å²) in [6, 6.07) is 7.64. The second-order valence-electron chi connectivity index (χ2n) is 14.0. The molecule has 0 aliphatic carbocycles. The van der Waals surface area contributed by atoms with Crippen molar-refractivity contribution in [3.05, 3.63) is 92.1 Å². The van der Waals surface area contributed by atoms with Crippen molar-refractivity contribution in [3.8, 4) is 0 Å². The number of para-hydroxylation sites is 1. The van der Waals surface area contributed by atoms with Crippen LogP contribution >= 0.6 is 76.9 Å². The summed E-state index contributed by atoms with van der Waals surface area (Å²) in [6.07, 6.45) is 5.98. The molecular weight excluding hydrogens is 1000 g/mol. The number of amides is 2. The molecule has 2 aromatic carbocycles. The molecule has 0 spiro atoms. The van der Waals surface area contributed by atoms with Gasteiger partial charge in [-0.25, -0.2) is 14.1 Å². The first kappa shape index (κ1) is 60.5. The van der Waals surface area contributed by atoms with Gasteiger partial charge in [0.2, 0.25) is 10.7 Å². The standard InChI is InChI=1S/C15H15ClFN3O3S2.C14H20ClNO2.C8H11Cl2NO.C5H12NO4P/c1-23-13(21)8-24-12-7-11(10(17)6-9(12)16)18-14-19-4-2-3-5-20(19)15(22)25-14;1-4-12-8-6-7-11(3)14(12)16(10-18-5-2)13(17)9-15;1-3-5-11(6-4-2)8(12)7(9)10;1-11(9,10)3-2-4(6)5(7)8/h6-7H,2-5,8H2,1H3;6-8H,4-5,9-10H2,1-3H3;3-4,7H,1-2,5-6H2;4H,2-3,6H2,1H3,(H,7,8)(H,9,10)/b18-14-;;;. The van der Waals surface area contributed by atoms with Crippen LogP contribution in [0, 0.1) is 12.7 Å². The highest BCUT2D eigenvalue weighted by Crippen LogP contribution is 2.36. The van der Waals surface area contributed by atoms with Gasteiger partial charge in [0.25, 0.3) is 5.91 Å². The number of aromatic nitrogens is 2. The number of carbonyl (C=O) groups excluding carboxylic acids is 3. The first-order valence-electron chi connectivity index (χ1n) is 20.2. The Balaban J connectivity index is 0.000000468. The number of hydrogen-bond donors (Lipinski definition) is 3. The van der Waals surface area contributed by atoms with E-state index in [0.29, 0.717) is 42.5 Å². The van der Waals surface area contributed by atoms with Gasteiger partial charge in [-0.2, -0.15) is 0 Å². The van der Waals surface area contributed by atoms with Crippen LogP contribution in [0.2, 0.25) is 5.02 Å². The number of aryl methyl sites for hydroxylation is 2. The SMILES string of the molecule is C=CCN(CC=C)C(=O)C(Cl)Cl.CCOCN(C(=O)CCl)c1c(C)cccc1CC.COC(=O)CSc1cc(/N=c2\sc(=O)n3n2CCCC3)c(F)cc1Cl.CP(=O)(O)CCC(N)C(=O)O. The third-order valence-electron chi connectivity index (χ3n) is 8.86. The van der Waals surface area contributed by atoms with Gasteiger partial charge in [0.15, 0.2) is 12.2 Å². The number of carbonyl (C=O) groups is 4. The number of methoxy groups -OCH3 is 1. The first-order valence-corrected chi connectivity index (χ1v) is 26.1. The van der Waals surface area contributed by atoms with E-state index in [9.17, 15) is 32.9 Å². The molecule has 0 fully saturated rings. The molecule has 1 aliphatic heterocycles. The minimum Gasteiger partial charge on any atom is -0.480 e. The van der Waals surface area contributed by atoms with Gasteiger partial charge in [-0.3, -0.25) is 38.1 Å². The van der Waals surface area contributed by atoms with E-state index in [1.54, 1.807) is 26.4 Å². The fraction of sp³-hybridized carbons (Fsp3) is 0.476. The molecule has 0 saturated heterocycles. The second-order valence-corrected chi connectivity index (χ2v) is 20.2. The highest BCUT2D eigenvalue weighted by atomic mass is 35.5. The summed E-state index contributed by atoms with van der Waals surface area (Å²) in [5.74, 6) is -2.55. The van der Waals surface area contributed by atoms with Crippen molar-refractivity contribution in [2.24, 2.45) is 10.7 Å². The summed E-state index contributed by atoms with van der Waals surface area (Å²) in [5, 5.41) is 8.48. The van der Waals surface area contributed by atoms with Gasteiger partial charge in [-0.1, -0.05) is 72.1 Å². The Morgan fingerprint density at radius 3 is 2.26 bits per heavy atom.